The van der Waals surface area contributed by atoms with E-state index in [1.807, 2.05) is 13.8 Å². The summed E-state index contributed by atoms with van der Waals surface area (Å²) in [4.78, 5) is 12.2. The van der Waals surface area contributed by atoms with Gasteiger partial charge in [-0.1, -0.05) is 12.1 Å². The van der Waals surface area contributed by atoms with E-state index in [1.54, 1.807) is 0 Å². The van der Waals surface area contributed by atoms with Crippen LogP contribution in [0.5, 0.6) is 0 Å². The Bertz CT molecular complexity index is 566. The smallest absolute Gasteiger partial charge is 0.387 e. The highest BCUT2D eigenvalue weighted by Gasteiger charge is 2.31. The first-order valence-corrected chi connectivity index (χ1v) is 7.95. The molecule has 3 unspecified atom stereocenters. The SMILES string of the molecule is CC1CC(C(=O)NCC(O)c2cccc(C(F)(F)F)c2)CC(C)O1. The van der Waals surface area contributed by atoms with E-state index >= 15 is 0 Å². The molecule has 0 aromatic heterocycles. The first-order chi connectivity index (χ1) is 11.2. The van der Waals surface area contributed by atoms with Crippen LogP contribution in [0.25, 0.3) is 0 Å². The molecule has 0 bridgehead atoms. The molecular weight excluding hydrogens is 323 g/mol. The van der Waals surface area contributed by atoms with Gasteiger partial charge in [-0.15, -0.1) is 0 Å². The van der Waals surface area contributed by atoms with Gasteiger partial charge in [0.25, 0.3) is 0 Å². The fourth-order valence-electron chi connectivity index (χ4n) is 3.00. The molecular formula is C17H22F3NO3. The molecule has 3 atom stereocenters. The van der Waals surface area contributed by atoms with E-state index in [-0.39, 0.29) is 36.1 Å². The van der Waals surface area contributed by atoms with Crippen molar-refractivity contribution in [2.24, 2.45) is 5.92 Å². The van der Waals surface area contributed by atoms with Crippen molar-refractivity contribution in [2.75, 3.05) is 6.54 Å². The van der Waals surface area contributed by atoms with Crippen molar-refractivity contribution in [3.05, 3.63) is 35.4 Å². The van der Waals surface area contributed by atoms with Crippen LogP contribution in [-0.2, 0) is 15.7 Å². The molecule has 1 aliphatic rings. The number of amides is 1. The Balaban J connectivity index is 1.93. The lowest BCUT2D eigenvalue weighted by molar-refractivity contribution is -0.137. The number of aliphatic hydroxyl groups is 1. The maximum Gasteiger partial charge on any atom is 0.416 e. The lowest BCUT2D eigenvalue weighted by atomic mass is 9.92. The number of hydrogen-bond donors (Lipinski definition) is 2. The minimum absolute atomic E-state index is 0.0158. The predicted octanol–water partition coefficient (Wildman–Crippen LogP) is 3.06. The van der Waals surface area contributed by atoms with Gasteiger partial charge in [0.05, 0.1) is 23.9 Å². The molecule has 1 aromatic carbocycles. The quantitative estimate of drug-likeness (QED) is 0.882. The molecule has 134 valence electrons. The molecule has 4 nitrogen and oxygen atoms in total. The highest BCUT2D eigenvalue weighted by molar-refractivity contribution is 5.78. The van der Waals surface area contributed by atoms with E-state index in [9.17, 15) is 23.1 Å². The molecule has 1 fully saturated rings. The third-order valence-corrected chi connectivity index (χ3v) is 4.14. The van der Waals surface area contributed by atoms with Crippen molar-refractivity contribution < 1.29 is 27.8 Å². The maximum atomic E-state index is 12.7. The Morgan fingerprint density at radius 2 is 1.96 bits per heavy atom. The van der Waals surface area contributed by atoms with Crippen LogP contribution in [0.15, 0.2) is 24.3 Å². The largest absolute Gasteiger partial charge is 0.416 e. The standard InChI is InChI=1S/C17H22F3NO3/c1-10-6-13(7-11(2)24-10)16(23)21-9-15(22)12-4-3-5-14(8-12)17(18,19)20/h3-5,8,10-11,13,15,22H,6-7,9H2,1-2H3,(H,21,23). The molecule has 1 saturated heterocycles. The lowest BCUT2D eigenvalue weighted by Gasteiger charge is -2.31. The van der Waals surface area contributed by atoms with Crippen LogP contribution in [0.3, 0.4) is 0 Å². The van der Waals surface area contributed by atoms with Crippen LogP contribution in [0.2, 0.25) is 0 Å². The van der Waals surface area contributed by atoms with Gasteiger partial charge in [-0.2, -0.15) is 13.2 Å². The van der Waals surface area contributed by atoms with Crippen molar-refractivity contribution in [1.82, 2.24) is 5.32 Å². The number of hydrogen-bond acceptors (Lipinski definition) is 3. The molecule has 1 aliphatic heterocycles. The molecule has 0 spiro atoms. The van der Waals surface area contributed by atoms with Crippen LogP contribution in [0.4, 0.5) is 13.2 Å². The zero-order chi connectivity index (χ0) is 17.9. The van der Waals surface area contributed by atoms with Gasteiger partial charge in [0, 0.05) is 12.5 Å². The molecule has 24 heavy (non-hydrogen) atoms. The topological polar surface area (TPSA) is 58.6 Å². The molecule has 1 heterocycles. The van der Waals surface area contributed by atoms with Crippen LogP contribution in [-0.4, -0.2) is 29.8 Å². The Morgan fingerprint density at radius 3 is 2.54 bits per heavy atom. The van der Waals surface area contributed by atoms with Crippen LogP contribution >= 0.6 is 0 Å². The summed E-state index contributed by atoms with van der Waals surface area (Å²) in [5.41, 5.74) is -0.698. The first kappa shape index (κ1) is 18.7. The zero-order valence-electron chi connectivity index (χ0n) is 13.6. The van der Waals surface area contributed by atoms with Gasteiger partial charge >= 0.3 is 6.18 Å². The Morgan fingerprint density at radius 1 is 1.33 bits per heavy atom. The monoisotopic (exact) mass is 345 g/mol. The molecule has 0 radical (unpaired) electrons. The summed E-state index contributed by atoms with van der Waals surface area (Å²) in [5, 5.41) is 12.7. The van der Waals surface area contributed by atoms with Crippen LogP contribution < -0.4 is 5.32 Å². The Labute approximate surface area is 139 Å². The van der Waals surface area contributed by atoms with Gasteiger partial charge in [0.15, 0.2) is 0 Å². The summed E-state index contributed by atoms with van der Waals surface area (Å²) >= 11 is 0. The average Bonchev–Trinajstić information content (AvgIpc) is 2.50. The summed E-state index contributed by atoms with van der Waals surface area (Å²) < 4.78 is 43.7. The molecule has 2 rings (SSSR count). The second-order valence-corrected chi connectivity index (χ2v) is 6.31. The first-order valence-electron chi connectivity index (χ1n) is 7.95. The summed E-state index contributed by atoms with van der Waals surface area (Å²) in [7, 11) is 0. The highest BCUT2D eigenvalue weighted by Crippen LogP contribution is 2.30. The summed E-state index contributed by atoms with van der Waals surface area (Å²) in [6, 6.07) is 4.49. The minimum atomic E-state index is -4.46. The average molecular weight is 345 g/mol. The van der Waals surface area contributed by atoms with Gasteiger partial charge in [0.1, 0.15) is 0 Å². The van der Waals surface area contributed by atoms with Gasteiger partial charge < -0.3 is 15.2 Å². The van der Waals surface area contributed by atoms with Gasteiger partial charge in [-0.25, -0.2) is 0 Å². The fraction of sp³-hybridized carbons (Fsp3) is 0.588. The maximum absolute atomic E-state index is 12.7. The number of carbonyl (C=O) groups is 1. The number of alkyl halides is 3. The number of aliphatic hydroxyl groups excluding tert-OH is 1. The van der Waals surface area contributed by atoms with E-state index in [0.29, 0.717) is 12.8 Å². The molecule has 7 heteroatoms. The molecule has 1 amide bonds. The van der Waals surface area contributed by atoms with Crippen molar-refractivity contribution >= 4 is 5.91 Å². The normalized spacial score (nSPS) is 26.0. The summed E-state index contributed by atoms with van der Waals surface area (Å²) in [6.07, 6.45) is -4.50. The van der Waals surface area contributed by atoms with E-state index in [4.69, 9.17) is 4.74 Å². The Hall–Kier alpha value is -1.60. The lowest BCUT2D eigenvalue weighted by Crippen LogP contribution is -2.40. The van der Waals surface area contributed by atoms with Gasteiger partial charge in [0.2, 0.25) is 5.91 Å². The van der Waals surface area contributed by atoms with Crippen LogP contribution in [0, 0.1) is 5.92 Å². The number of benzene rings is 1. The zero-order valence-corrected chi connectivity index (χ0v) is 13.6. The molecule has 0 aliphatic carbocycles. The van der Waals surface area contributed by atoms with E-state index in [1.165, 1.54) is 12.1 Å². The fourth-order valence-corrected chi connectivity index (χ4v) is 3.00. The molecule has 2 N–H and O–H groups in total. The number of nitrogens with one attached hydrogen (secondary N) is 1. The van der Waals surface area contributed by atoms with Crippen LogP contribution in [0.1, 0.15) is 43.9 Å². The molecule has 1 aromatic rings. The number of carbonyl (C=O) groups excluding carboxylic acids is 1. The third-order valence-electron chi connectivity index (χ3n) is 4.14. The van der Waals surface area contributed by atoms with Crippen molar-refractivity contribution in [2.45, 2.75) is 51.2 Å². The third kappa shape index (κ3) is 4.95. The van der Waals surface area contributed by atoms with Crippen molar-refractivity contribution in [3.63, 3.8) is 0 Å². The van der Waals surface area contributed by atoms with E-state index < -0.39 is 17.8 Å². The van der Waals surface area contributed by atoms with Gasteiger partial charge in [-0.05, 0) is 44.4 Å². The van der Waals surface area contributed by atoms with Crippen molar-refractivity contribution in [3.8, 4) is 0 Å². The predicted molar refractivity (Wildman–Crippen MR) is 82.1 cm³/mol. The summed E-state index contributed by atoms with van der Waals surface area (Å²) in [6.45, 7) is 3.67. The minimum Gasteiger partial charge on any atom is -0.387 e. The second kappa shape index (κ2) is 7.53. The number of ether oxygens (including phenoxy) is 1. The van der Waals surface area contributed by atoms with E-state index in [0.717, 1.165) is 12.1 Å². The second-order valence-electron chi connectivity index (χ2n) is 6.31. The van der Waals surface area contributed by atoms with E-state index in [2.05, 4.69) is 5.32 Å². The highest BCUT2D eigenvalue weighted by atomic mass is 19.4. The number of halogens is 3. The van der Waals surface area contributed by atoms with Gasteiger partial charge in [-0.3, -0.25) is 4.79 Å². The summed E-state index contributed by atoms with van der Waals surface area (Å²) in [5.74, 6) is -0.416. The number of rotatable bonds is 4. The Kier molecular flexibility index (Phi) is 5.87. The van der Waals surface area contributed by atoms with Crippen molar-refractivity contribution in [1.29, 1.82) is 0 Å². The molecule has 0 saturated carbocycles.